The third-order valence-electron chi connectivity index (χ3n) is 3.22. The number of nitrogens with zero attached hydrogens (tertiary/aromatic N) is 1. The maximum Gasteiger partial charge on any atom is 0.337 e. The molecular weight excluding hydrogens is 274 g/mol. The van der Waals surface area contributed by atoms with E-state index in [1.165, 1.54) is 24.6 Å². The zero-order valence-corrected chi connectivity index (χ0v) is 12.6. The van der Waals surface area contributed by atoms with Gasteiger partial charge in [0.15, 0.2) is 0 Å². The Morgan fingerprint density at radius 1 is 1.05 bits per heavy atom. The quantitative estimate of drug-likeness (QED) is 0.769. The van der Waals surface area contributed by atoms with Crippen LogP contribution in [-0.2, 0) is 6.42 Å². The van der Waals surface area contributed by atoms with Crippen molar-refractivity contribution >= 4 is 16.9 Å². The lowest BCUT2D eigenvalue weighted by molar-refractivity contribution is 0.0696. The summed E-state index contributed by atoms with van der Waals surface area (Å²) in [7, 11) is 0. The molecule has 1 heterocycles. The van der Waals surface area contributed by atoms with Gasteiger partial charge in [0.05, 0.1) is 11.1 Å². The lowest BCUT2D eigenvalue weighted by atomic mass is 10.1. The SMILES string of the molecule is CCCc1ccccc1.O=C(O)c1cnc2ccccc2c1. The summed E-state index contributed by atoms with van der Waals surface area (Å²) in [5.41, 5.74) is 2.48. The standard InChI is InChI=1S/C10H7NO2.C9H12/c12-10(13)8-5-7-3-1-2-4-9(7)11-6-8;1-2-6-9-7-4-3-5-8-9/h1-6H,(H,12,13);3-5,7-8H,2,6H2,1H3. The zero-order valence-electron chi connectivity index (χ0n) is 12.6. The smallest absolute Gasteiger partial charge is 0.337 e. The summed E-state index contributed by atoms with van der Waals surface area (Å²) < 4.78 is 0. The Morgan fingerprint density at radius 2 is 1.73 bits per heavy atom. The van der Waals surface area contributed by atoms with Crippen LogP contribution in [0.5, 0.6) is 0 Å². The Labute approximate surface area is 130 Å². The molecule has 2 aromatic carbocycles. The van der Waals surface area contributed by atoms with Crippen molar-refractivity contribution in [2.75, 3.05) is 0 Å². The lowest BCUT2D eigenvalue weighted by Crippen LogP contribution is -1.96. The van der Waals surface area contributed by atoms with Gasteiger partial charge in [-0.2, -0.15) is 0 Å². The van der Waals surface area contributed by atoms with Crippen molar-refractivity contribution in [2.24, 2.45) is 0 Å². The van der Waals surface area contributed by atoms with E-state index in [-0.39, 0.29) is 5.56 Å². The van der Waals surface area contributed by atoms with Crippen LogP contribution >= 0.6 is 0 Å². The fraction of sp³-hybridized carbons (Fsp3) is 0.158. The van der Waals surface area contributed by atoms with Gasteiger partial charge in [-0.15, -0.1) is 0 Å². The monoisotopic (exact) mass is 293 g/mol. The largest absolute Gasteiger partial charge is 0.478 e. The average molecular weight is 293 g/mol. The fourth-order valence-corrected chi connectivity index (χ4v) is 2.12. The van der Waals surface area contributed by atoms with E-state index in [9.17, 15) is 4.79 Å². The Hall–Kier alpha value is -2.68. The number of benzene rings is 2. The van der Waals surface area contributed by atoms with Crippen LogP contribution in [0.2, 0.25) is 0 Å². The Balaban J connectivity index is 0.000000172. The second-order valence-corrected chi connectivity index (χ2v) is 4.96. The number of pyridine rings is 1. The highest BCUT2D eigenvalue weighted by Crippen LogP contribution is 2.12. The third-order valence-corrected chi connectivity index (χ3v) is 3.22. The second-order valence-electron chi connectivity index (χ2n) is 4.96. The number of carbonyl (C=O) groups is 1. The first-order valence-electron chi connectivity index (χ1n) is 7.32. The first-order valence-corrected chi connectivity index (χ1v) is 7.32. The summed E-state index contributed by atoms with van der Waals surface area (Å²) in [6, 6.07) is 19.6. The molecule has 22 heavy (non-hydrogen) atoms. The number of carboxylic acids is 1. The summed E-state index contributed by atoms with van der Waals surface area (Å²) >= 11 is 0. The van der Waals surface area contributed by atoms with Crippen molar-refractivity contribution < 1.29 is 9.90 Å². The van der Waals surface area contributed by atoms with Gasteiger partial charge >= 0.3 is 5.97 Å². The molecule has 0 aliphatic rings. The molecule has 3 nitrogen and oxygen atoms in total. The summed E-state index contributed by atoms with van der Waals surface area (Å²) in [6.07, 6.45) is 3.81. The Bertz CT molecular complexity index is 739. The van der Waals surface area contributed by atoms with E-state index in [4.69, 9.17) is 5.11 Å². The van der Waals surface area contributed by atoms with Crippen LogP contribution in [0.15, 0.2) is 66.9 Å². The highest BCUT2D eigenvalue weighted by molar-refractivity contribution is 5.92. The Morgan fingerprint density at radius 3 is 2.41 bits per heavy atom. The minimum atomic E-state index is -0.946. The molecule has 0 amide bonds. The van der Waals surface area contributed by atoms with Gasteiger partial charge in [0, 0.05) is 11.6 Å². The van der Waals surface area contributed by atoms with Crippen molar-refractivity contribution in [2.45, 2.75) is 19.8 Å². The third kappa shape index (κ3) is 4.42. The van der Waals surface area contributed by atoms with Crippen molar-refractivity contribution in [3.05, 3.63) is 78.0 Å². The van der Waals surface area contributed by atoms with E-state index in [2.05, 4.69) is 42.2 Å². The molecule has 3 rings (SSSR count). The molecule has 0 aliphatic carbocycles. The number of fused-ring (bicyclic) bond motifs is 1. The number of aryl methyl sites for hydroxylation is 1. The van der Waals surface area contributed by atoms with Crippen LogP contribution < -0.4 is 0 Å². The van der Waals surface area contributed by atoms with Gasteiger partial charge in [0.25, 0.3) is 0 Å². The van der Waals surface area contributed by atoms with Crippen molar-refractivity contribution in [1.29, 1.82) is 0 Å². The normalized spacial score (nSPS) is 9.86. The van der Waals surface area contributed by atoms with E-state index < -0.39 is 5.97 Å². The minimum Gasteiger partial charge on any atom is -0.478 e. The predicted molar refractivity (Wildman–Crippen MR) is 89.1 cm³/mol. The van der Waals surface area contributed by atoms with Crippen LogP contribution in [0.1, 0.15) is 29.3 Å². The number of para-hydroxylation sites is 1. The molecule has 0 spiro atoms. The van der Waals surface area contributed by atoms with Crippen LogP contribution in [0.4, 0.5) is 0 Å². The Kier molecular flexibility index (Phi) is 5.66. The van der Waals surface area contributed by atoms with E-state index in [1.54, 1.807) is 6.07 Å². The first-order chi connectivity index (χ1) is 10.7. The molecule has 0 saturated heterocycles. The van der Waals surface area contributed by atoms with Gasteiger partial charge < -0.3 is 5.11 Å². The second kappa shape index (κ2) is 7.93. The van der Waals surface area contributed by atoms with E-state index in [0.717, 1.165) is 10.9 Å². The van der Waals surface area contributed by atoms with Crippen molar-refractivity contribution in [3.8, 4) is 0 Å². The van der Waals surface area contributed by atoms with E-state index in [1.807, 2.05) is 24.3 Å². The molecule has 0 fully saturated rings. The van der Waals surface area contributed by atoms with Gasteiger partial charge in [0.2, 0.25) is 0 Å². The minimum absolute atomic E-state index is 0.221. The van der Waals surface area contributed by atoms with Crippen LogP contribution in [0, 0.1) is 0 Å². The molecule has 0 unspecified atom stereocenters. The number of rotatable bonds is 3. The molecule has 1 N–H and O–H groups in total. The molecule has 3 aromatic rings. The number of hydrogen-bond acceptors (Lipinski definition) is 2. The molecule has 0 aliphatic heterocycles. The van der Waals surface area contributed by atoms with Crippen molar-refractivity contribution in [1.82, 2.24) is 4.98 Å². The lowest BCUT2D eigenvalue weighted by Gasteiger charge is -1.97. The molecule has 0 atom stereocenters. The maximum absolute atomic E-state index is 10.6. The van der Waals surface area contributed by atoms with Gasteiger partial charge in [-0.3, -0.25) is 4.98 Å². The topological polar surface area (TPSA) is 50.2 Å². The van der Waals surface area contributed by atoms with Gasteiger partial charge in [-0.25, -0.2) is 4.79 Å². The summed E-state index contributed by atoms with van der Waals surface area (Å²) in [6.45, 7) is 2.20. The van der Waals surface area contributed by atoms with E-state index in [0.29, 0.717) is 0 Å². The molecular formula is C19H19NO2. The van der Waals surface area contributed by atoms with Crippen LogP contribution in [0.3, 0.4) is 0 Å². The molecule has 1 aromatic heterocycles. The highest BCUT2D eigenvalue weighted by atomic mass is 16.4. The summed E-state index contributed by atoms with van der Waals surface area (Å²) in [5.74, 6) is -0.946. The maximum atomic E-state index is 10.6. The molecule has 0 bridgehead atoms. The van der Waals surface area contributed by atoms with E-state index >= 15 is 0 Å². The van der Waals surface area contributed by atoms with Gasteiger partial charge in [-0.05, 0) is 24.1 Å². The highest BCUT2D eigenvalue weighted by Gasteiger charge is 2.03. The number of aromatic carboxylic acids is 1. The van der Waals surface area contributed by atoms with Crippen LogP contribution in [0.25, 0.3) is 10.9 Å². The fourth-order valence-electron chi connectivity index (χ4n) is 2.12. The van der Waals surface area contributed by atoms with Crippen molar-refractivity contribution in [3.63, 3.8) is 0 Å². The number of carboxylic acid groups (broad SMARTS) is 1. The zero-order chi connectivity index (χ0) is 15.8. The molecule has 0 radical (unpaired) electrons. The average Bonchev–Trinajstić information content (AvgIpc) is 2.56. The predicted octanol–water partition coefficient (Wildman–Crippen LogP) is 4.57. The van der Waals surface area contributed by atoms with Gasteiger partial charge in [-0.1, -0.05) is 61.9 Å². The number of hydrogen-bond donors (Lipinski definition) is 1. The van der Waals surface area contributed by atoms with Crippen LogP contribution in [-0.4, -0.2) is 16.1 Å². The molecule has 0 saturated carbocycles. The number of aromatic nitrogens is 1. The molecule has 112 valence electrons. The summed E-state index contributed by atoms with van der Waals surface area (Å²) in [5, 5.41) is 9.55. The first kappa shape index (κ1) is 15.7. The summed E-state index contributed by atoms with van der Waals surface area (Å²) in [4.78, 5) is 14.6. The molecule has 3 heteroatoms. The van der Waals surface area contributed by atoms with Gasteiger partial charge in [0.1, 0.15) is 0 Å².